The minimum Gasteiger partial charge on any atom is -0.351 e. The van der Waals surface area contributed by atoms with Crippen molar-refractivity contribution in [2.24, 2.45) is 0 Å². The minimum atomic E-state index is -3.48. The first-order chi connectivity index (χ1) is 12.9. The molecule has 1 aliphatic carbocycles. The van der Waals surface area contributed by atoms with Crippen LogP contribution in [0.2, 0.25) is 0 Å². The highest BCUT2D eigenvalue weighted by Gasteiger charge is 2.30. The number of hydrogen-bond donors (Lipinski definition) is 1. The van der Waals surface area contributed by atoms with Gasteiger partial charge >= 0.3 is 0 Å². The van der Waals surface area contributed by atoms with Crippen molar-refractivity contribution >= 4 is 31.7 Å². The van der Waals surface area contributed by atoms with Crippen molar-refractivity contribution in [2.75, 3.05) is 18.8 Å². The molecule has 0 aromatic heterocycles. The molecule has 2 aliphatic rings. The Bertz CT molecular complexity index is 745. The molecule has 0 radical (unpaired) electrons. The SMILES string of the molecule is O=C(CS(=O)(=O)Cc1cccc(Br)c1)NC1CCN(C2CCCCCC2)C1. The summed E-state index contributed by atoms with van der Waals surface area (Å²) in [6.45, 7) is 1.85. The molecule has 150 valence electrons. The number of likely N-dealkylation sites (tertiary alicyclic amines) is 1. The molecule has 1 saturated carbocycles. The van der Waals surface area contributed by atoms with Crippen molar-refractivity contribution in [1.29, 1.82) is 0 Å². The third-order valence-corrected chi connectivity index (χ3v) is 7.52. The minimum absolute atomic E-state index is 0.0711. The molecular formula is C20H29BrN2O3S. The highest BCUT2D eigenvalue weighted by atomic mass is 79.9. The number of carbonyl (C=O) groups excluding carboxylic acids is 1. The molecule has 1 aromatic carbocycles. The smallest absolute Gasteiger partial charge is 0.235 e. The Labute approximate surface area is 170 Å². The fraction of sp³-hybridized carbons (Fsp3) is 0.650. The zero-order valence-corrected chi connectivity index (χ0v) is 18.1. The van der Waals surface area contributed by atoms with Gasteiger partial charge in [-0.15, -0.1) is 0 Å². The largest absolute Gasteiger partial charge is 0.351 e. The van der Waals surface area contributed by atoms with Crippen molar-refractivity contribution < 1.29 is 13.2 Å². The number of halogens is 1. The first-order valence-corrected chi connectivity index (χ1v) is 12.5. The average molecular weight is 457 g/mol. The third kappa shape index (κ3) is 6.57. The van der Waals surface area contributed by atoms with Crippen LogP contribution < -0.4 is 5.32 Å². The van der Waals surface area contributed by atoms with E-state index in [0.717, 1.165) is 24.0 Å². The maximum absolute atomic E-state index is 12.4. The molecule has 2 fully saturated rings. The molecule has 7 heteroatoms. The number of rotatable bonds is 6. The highest BCUT2D eigenvalue weighted by molar-refractivity contribution is 9.10. The van der Waals surface area contributed by atoms with Gasteiger partial charge in [-0.1, -0.05) is 53.7 Å². The predicted molar refractivity (Wildman–Crippen MR) is 111 cm³/mol. The monoisotopic (exact) mass is 456 g/mol. The Morgan fingerprint density at radius 1 is 1.15 bits per heavy atom. The number of amides is 1. The van der Waals surface area contributed by atoms with Crippen LogP contribution in [0, 0.1) is 0 Å². The van der Waals surface area contributed by atoms with E-state index in [0.29, 0.717) is 11.6 Å². The summed E-state index contributed by atoms with van der Waals surface area (Å²) in [5.41, 5.74) is 0.692. The van der Waals surface area contributed by atoms with E-state index in [-0.39, 0.29) is 17.7 Å². The zero-order valence-electron chi connectivity index (χ0n) is 15.7. The average Bonchev–Trinajstić information content (AvgIpc) is 2.87. The number of nitrogens with zero attached hydrogens (tertiary/aromatic N) is 1. The van der Waals surface area contributed by atoms with Gasteiger partial charge in [0.05, 0.1) is 5.75 Å². The van der Waals surface area contributed by atoms with E-state index in [1.807, 2.05) is 6.07 Å². The van der Waals surface area contributed by atoms with E-state index in [4.69, 9.17) is 0 Å². The van der Waals surface area contributed by atoms with Gasteiger partial charge in [-0.25, -0.2) is 8.42 Å². The van der Waals surface area contributed by atoms with E-state index in [9.17, 15) is 13.2 Å². The molecule has 0 bridgehead atoms. The van der Waals surface area contributed by atoms with Gasteiger partial charge in [0, 0.05) is 29.6 Å². The fourth-order valence-corrected chi connectivity index (χ4v) is 5.98. The van der Waals surface area contributed by atoms with Crippen LogP contribution in [0.25, 0.3) is 0 Å². The van der Waals surface area contributed by atoms with Gasteiger partial charge in [0.1, 0.15) is 5.75 Å². The van der Waals surface area contributed by atoms with Crippen LogP contribution >= 0.6 is 15.9 Å². The van der Waals surface area contributed by atoms with Crippen molar-refractivity contribution in [3.63, 3.8) is 0 Å². The van der Waals surface area contributed by atoms with Gasteiger partial charge in [-0.3, -0.25) is 9.69 Å². The lowest BCUT2D eigenvalue weighted by Crippen LogP contribution is -2.42. The number of sulfone groups is 1. The molecule has 1 saturated heterocycles. The lowest BCUT2D eigenvalue weighted by molar-refractivity contribution is -0.119. The molecule has 27 heavy (non-hydrogen) atoms. The number of carbonyl (C=O) groups is 1. The summed E-state index contributed by atoms with van der Waals surface area (Å²) in [7, 11) is -3.48. The van der Waals surface area contributed by atoms with Crippen LogP contribution in [0.4, 0.5) is 0 Å². The van der Waals surface area contributed by atoms with E-state index < -0.39 is 15.6 Å². The Kier molecular flexibility index (Phi) is 7.34. The maximum Gasteiger partial charge on any atom is 0.235 e. The van der Waals surface area contributed by atoms with Crippen LogP contribution in [0.5, 0.6) is 0 Å². The molecule has 3 rings (SSSR count). The van der Waals surface area contributed by atoms with Gasteiger partial charge in [0.15, 0.2) is 9.84 Å². The quantitative estimate of drug-likeness (QED) is 0.666. The summed E-state index contributed by atoms with van der Waals surface area (Å²) >= 11 is 3.34. The molecule has 0 spiro atoms. The van der Waals surface area contributed by atoms with Crippen molar-refractivity contribution in [3.05, 3.63) is 34.3 Å². The molecule has 1 aliphatic heterocycles. The summed E-state index contributed by atoms with van der Waals surface area (Å²) in [6, 6.07) is 7.90. The second-order valence-corrected chi connectivity index (χ2v) is 10.8. The lowest BCUT2D eigenvalue weighted by Gasteiger charge is -2.26. The van der Waals surface area contributed by atoms with E-state index in [1.165, 1.54) is 38.5 Å². The summed E-state index contributed by atoms with van der Waals surface area (Å²) in [4.78, 5) is 14.8. The van der Waals surface area contributed by atoms with Gasteiger partial charge in [0.25, 0.3) is 0 Å². The highest BCUT2D eigenvalue weighted by Crippen LogP contribution is 2.25. The topological polar surface area (TPSA) is 66.5 Å². The van der Waals surface area contributed by atoms with E-state index >= 15 is 0 Å². The number of nitrogens with one attached hydrogen (secondary N) is 1. The third-order valence-electron chi connectivity index (χ3n) is 5.55. The van der Waals surface area contributed by atoms with Gasteiger partial charge in [-0.05, 0) is 37.0 Å². The Morgan fingerprint density at radius 2 is 1.89 bits per heavy atom. The van der Waals surface area contributed by atoms with Gasteiger partial charge in [-0.2, -0.15) is 0 Å². The van der Waals surface area contributed by atoms with Gasteiger partial charge in [0.2, 0.25) is 5.91 Å². The summed E-state index contributed by atoms with van der Waals surface area (Å²) < 4.78 is 25.6. The number of benzene rings is 1. The Hall–Kier alpha value is -0.920. The van der Waals surface area contributed by atoms with Crippen molar-refractivity contribution in [3.8, 4) is 0 Å². The Morgan fingerprint density at radius 3 is 2.59 bits per heavy atom. The van der Waals surface area contributed by atoms with E-state index in [2.05, 4.69) is 26.1 Å². The maximum atomic E-state index is 12.4. The fourth-order valence-electron chi connectivity index (χ4n) is 4.26. The molecule has 5 nitrogen and oxygen atoms in total. The molecule has 1 N–H and O–H groups in total. The van der Waals surface area contributed by atoms with Gasteiger partial charge < -0.3 is 5.32 Å². The second kappa shape index (κ2) is 9.52. The molecule has 1 unspecified atom stereocenters. The molecule has 1 aromatic rings. The molecule has 1 heterocycles. The lowest BCUT2D eigenvalue weighted by atomic mass is 10.1. The predicted octanol–water partition coefficient (Wildman–Crippen LogP) is 3.28. The number of hydrogen-bond acceptors (Lipinski definition) is 4. The first kappa shape index (κ1) is 20.8. The Balaban J connectivity index is 1.47. The second-order valence-electron chi connectivity index (χ2n) is 7.86. The van der Waals surface area contributed by atoms with Crippen LogP contribution in [0.15, 0.2) is 28.7 Å². The van der Waals surface area contributed by atoms with Crippen molar-refractivity contribution in [1.82, 2.24) is 10.2 Å². The van der Waals surface area contributed by atoms with Crippen LogP contribution in [-0.2, 0) is 20.4 Å². The summed E-state index contributed by atoms with van der Waals surface area (Å²) in [5, 5.41) is 2.95. The van der Waals surface area contributed by atoms with Crippen molar-refractivity contribution in [2.45, 2.75) is 62.8 Å². The summed E-state index contributed by atoms with van der Waals surface area (Å²) in [6.07, 6.45) is 8.68. The van der Waals surface area contributed by atoms with E-state index in [1.54, 1.807) is 18.2 Å². The molecule has 1 atom stereocenters. The molecule has 1 amide bonds. The molecular weight excluding hydrogens is 428 g/mol. The first-order valence-electron chi connectivity index (χ1n) is 9.89. The van der Waals surface area contributed by atoms with Crippen LogP contribution in [0.3, 0.4) is 0 Å². The summed E-state index contributed by atoms with van der Waals surface area (Å²) in [5.74, 6) is -0.934. The van der Waals surface area contributed by atoms with Crippen LogP contribution in [-0.4, -0.2) is 50.2 Å². The zero-order chi connectivity index (χ0) is 19.3. The normalized spacial score (nSPS) is 22.5. The standard InChI is InChI=1S/C20H29BrN2O3S/c21-17-7-5-6-16(12-17)14-27(25,26)15-20(24)22-18-10-11-23(13-18)19-8-3-1-2-4-9-19/h5-7,12,18-19H,1-4,8-11,13-15H2,(H,22,24). The van der Waals surface area contributed by atoms with Crippen LogP contribution in [0.1, 0.15) is 50.5 Å².